The van der Waals surface area contributed by atoms with Crippen LogP contribution in [0.1, 0.15) is 63.4 Å². The summed E-state index contributed by atoms with van der Waals surface area (Å²) in [6.45, 7) is 5.33. The molecule has 1 N–H and O–H groups in total. The molecule has 0 saturated carbocycles. The number of rotatable bonds is 3. The maximum absolute atomic E-state index is 4.35. The Hall–Kier alpha value is -2.06. The summed E-state index contributed by atoms with van der Waals surface area (Å²) in [6, 6.07) is 9.81. The number of benzene rings is 2. The highest BCUT2D eigenvalue weighted by atomic mass is 15.0. The van der Waals surface area contributed by atoms with E-state index in [1.807, 2.05) is 0 Å². The Balaban J connectivity index is 1.63. The number of hydrogen-bond acceptors (Lipinski definition) is 2. The third-order valence-corrected chi connectivity index (χ3v) is 6.38. The molecule has 1 unspecified atom stereocenters. The topological polar surface area (TPSA) is 15.3 Å². The van der Waals surface area contributed by atoms with Gasteiger partial charge in [-0.25, -0.2) is 0 Å². The zero-order valence-electron chi connectivity index (χ0n) is 16.0. The van der Waals surface area contributed by atoms with Gasteiger partial charge >= 0.3 is 0 Å². The number of nitrogens with one attached hydrogen (secondary N) is 1. The predicted molar refractivity (Wildman–Crippen MR) is 108 cm³/mol. The van der Waals surface area contributed by atoms with E-state index in [0.29, 0.717) is 6.04 Å². The van der Waals surface area contributed by atoms with Crippen LogP contribution in [-0.2, 0) is 32.2 Å². The number of aryl methyl sites for hydroxylation is 2. The fraction of sp³-hybridized carbons (Fsp3) is 0.417. The van der Waals surface area contributed by atoms with E-state index in [1.54, 1.807) is 27.8 Å². The molecule has 5 rings (SSSR count). The Morgan fingerprint density at radius 1 is 1.00 bits per heavy atom. The lowest BCUT2D eigenvalue weighted by atomic mass is 9.86. The standard InChI is InChI=1S/C24H28N2/c1-15-22-12-16(14-26(2)3)10-11-21(22)24(25-15)23-19-8-4-6-17(19)13-18-7-5-9-20(18)23/h10-13,24-25H,1,4-9,14H2,2-3H3. The highest BCUT2D eigenvalue weighted by molar-refractivity contribution is 5.73. The summed E-state index contributed by atoms with van der Waals surface area (Å²) >= 11 is 0. The van der Waals surface area contributed by atoms with E-state index in [0.717, 1.165) is 12.2 Å². The van der Waals surface area contributed by atoms with Crippen molar-refractivity contribution in [2.75, 3.05) is 14.1 Å². The van der Waals surface area contributed by atoms with Crippen molar-refractivity contribution >= 4 is 5.70 Å². The molecule has 0 bridgehead atoms. The quantitative estimate of drug-likeness (QED) is 0.888. The van der Waals surface area contributed by atoms with E-state index in [-0.39, 0.29) is 0 Å². The smallest absolute Gasteiger partial charge is 0.0779 e. The first-order chi connectivity index (χ1) is 12.6. The number of fused-ring (bicyclic) bond motifs is 3. The second kappa shape index (κ2) is 5.99. The van der Waals surface area contributed by atoms with Crippen LogP contribution in [0.4, 0.5) is 0 Å². The molecule has 134 valence electrons. The summed E-state index contributed by atoms with van der Waals surface area (Å²) in [7, 11) is 4.25. The SMILES string of the molecule is C=C1NC(c2c3c(cc4c2CCC4)CCC3)c2ccc(CN(C)C)cc21. The van der Waals surface area contributed by atoms with E-state index >= 15 is 0 Å². The molecular weight excluding hydrogens is 316 g/mol. The van der Waals surface area contributed by atoms with Gasteiger partial charge in [-0.05, 0) is 97.6 Å². The molecule has 2 aliphatic carbocycles. The first-order valence-electron chi connectivity index (χ1n) is 10.0. The van der Waals surface area contributed by atoms with Crippen molar-refractivity contribution in [1.82, 2.24) is 10.2 Å². The van der Waals surface area contributed by atoms with Gasteiger partial charge in [0.2, 0.25) is 0 Å². The highest BCUT2D eigenvalue weighted by Crippen LogP contribution is 2.44. The van der Waals surface area contributed by atoms with Gasteiger partial charge in [0.15, 0.2) is 0 Å². The summed E-state index contributed by atoms with van der Waals surface area (Å²) in [5, 5.41) is 3.77. The Bertz CT molecular complexity index is 875. The number of nitrogens with zero attached hydrogens (tertiary/aromatic N) is 1. The molecule has 0 saturated heterocycles. The summed E-state index contributed by atoms with van der Waals surface area (Å²) in [5.41, 5.74) is 13.3. The number of hydrogen-bond donors (Lipinski definition) is 1. The summed E-state index contributed by atoms with van der Waals surface area (Å²) in [6.07, 6.45) is 7.64. The van der Waals surface area contributed by atoms with Crippen LogP contribution in [0.3, 0.4) is 0 Å². The van der Waals surface area contributed by atoms with E-state index in [2.05, 4.69) is 55.2 Å². The second-order valence-electron chi connectivity index (χ2n) is 8.49. The van der Waals surface area contributed by atoms with Crippen LogP contribution >= 0.6 is 0 Å². The lowest BCUT2D eigenvalue weighted by molar-refractivity contribution is 0.402. The van der Waals surface area contributed by atoms with Crippen LogP contribution in [0.5, 0.6) is 0 Å². The van der Waals surface area contributed by atoms with E-state index in [4.69, 9.17) is 0 Å². The molecule has 3 aliphatic rings. The molecule has 0 aromatic heterocycles. The molecule has 0 fully saturated rings. The van der Waals surface area contributed by atoms with E-state index in [1.165, 1.54) is 55.2 Å². The minimum absolute atomic E-state index is 0.297. The lowest BCUT2D eigenvalue weighted by Crippen LogP contribution is -2.17. The Morgan fingerprint density at radius 2 is 1.69 bits per heavy atom. The zero-order valence-corrected chi connectivity index (χ0v) is 16.0. The van der Waals surface area contributed by atoms with Crippen LogP contribution in [-0.4, -0.2) is 19.0 Å². The van der Waals surface area contributed by atoms with Gasteiger partial charge in [-0.15, -0.1) is 0 Å². The largest absolute Gasteiger partial charge is 0.374 e. The molecule has 1 atom stereocenters. The van der Waals surface area contributed by atoms with Crippen molar-refractivity contribution in [3.05, 3.63) is 75.4 Å². The Labute approximate surface area is 156 Å². The van der Waals surface area contributed by atoms with Crippen LogP contribution in [0, 0.1) is 0 Å². The minimum Gasteiger partial charge on any atom is -0.374 e. The van der Waals surface area contributed by atoms with Crippen molar-refractivity contribution in [3.63, 3.8) is 0 Å². The fourth-order valence-corrected chi connectivity index (χ4v) is 5.35. The maximum atomic E-state index is 4.35. The van der Waals surface area contributed by atoms with Crippen LogP contribution in [0.2, 0.25) is 0 Å². The third kappa shape index (κ3) is 2.43. The molecule has 1 aliphatic heterocycles. The van der Waals surface area contributed by atoms with Gasteiger partial charge in [-0.2, -0.15) is 0 Å². The predicted octanol–water partition coefficient (Wildman–Crippen LogP) is 4.39. The van der Waals surface area contributed by atoms with E-state index in [9.17, 15) is 0 Å². The zero-order chi connectivity index (χ0) is 17.8. The molecule has 1 heterocycles. The normalized spacial score (nSPS) is 20.3. The Kier molecular flexibility index (Phi) is 3.72. The molecule has 26 heavy (non-hydrogen) atoms. The summed E-state index contributed by atoms with van der Waals surface area (Å²) in [4.78, 5) is 2.22. The van der Waals surface area contributed by atoms with Crippen molar-refractivity contribution in [1.29, 1.82) is 0 Å². The van der Waals surface area contributed by atoms with Crippen molar-refractivity contribution in [2.24, 2.45) is 0 Å². The second-order valence-corrected chi connectivity index (χ2v) is 8.49. The minimum atomic E-state index is 0.297. The monoisotopic (exact) mass is 344 g/mol. The average Bonchev–Trinajstić information content (AvgIpc) is 3.31. The highest BCUT2D eigenvalue weighted by Gasteiger charge is 2.33. The van der Waals surface area contributed by atoms with Gasteiger partial charge in [0.25, 0.3) is 0 Å². The van der Waals surface area contributed by atoms with Crippen molar-refractivity contribution in [2.45, 2.75) is 51.1 Å². The van der Waals surface area contributed by atoms with Crippen molar-refractivity contribution < 1.29 is 0 Å². The van der Waals surface area contributed by atoms with Gasteiger partial charge in [0.1, 0.15) is 0 Å². The molecule has 2 aromatic rings. The van der Waals surface area contributed by atoms with Gasteiger partial charge in [-0.1, -0.05) is 24.8 Å². The maximum Gasteiger partial charge on any atom is 0.0779 e. The van der Waals surface area contributed by atoms with Crippen molar-refractivity contribution in [3.8, 4) is 0 Å². The molecule has 0 spiro atoms. The van der Waals surface area contributed by atoms with Gasteiger partial charge in [0.05, 0.1) is 6.04 Å². The molecule has 2 aromatic carbocycles. The van der Waals surface area contributed by atoms with Gasteiger partial charge in [-0.3, -0.25) is 0 Å². The van der Waals surface area contributed by atoms with Crippen LogP contribution < -0.4 is 5.32 Å². The van der Waals surface area contributed by atoms with Gasteiger partial charge in [0, 0.05) is 17.8 Å². The summed E-state index contributed by atoms with van der Waals surface area (Å²) in [5.74, 6) is 0. The molecule has 0 radical (unpaired) electrons. The molecule has 0 amide bonds. The van der Waals surface area contributed by atoms with Crippen LogP contribution in [0.25, 0.3) is 5.70 Å². The average molecular weight is 345 g/mol. The first kappa shape index (κ1) is 16.1. The Morgan fingerprint density at radius 3 is 2.35 bits per heavy atom. The van der Waals surface area contributed by atoms with Gasteiger partial charge < -0.3 is 10.2 Å². The molecule has 2 nitrogen and oxygen atoms in total. The first-order valence-corrected chi connectivity index (χ1v) is 10.0. The summed E-state index contributed by atoms with van der Waals surface area (Å²) < 4.78 is 0. The lowest BCUT2D eigenvalue weighted by Gasteiger charge is -2.22. The van der Waals surface area contributed by atoms with E-state index < -0.39 is 0 Å². The third-order valence-electron chi connectivity index (χ3n) is 6.38. The van der Waals surface area contributed by atoms with Crippen LogP contribution in [0.15, 0.2) is 30.8 Å². The molecular formula is C24H28N2. The fourth-order valence-electron chi connectivity index (χ4n) is 5.35. The molecule has 2 heteroatoms.